The molecule has 0 aliphatic carbocycles. The third-order valence-corrected chi connectivity index (χ3v) is 4.86. The Hall–Kier alpha value is -2.46. The van der Waals surface area contributed by atoms with E-state index in [1.807, 2.05) is 19.9 Å². The molecular formula is C23H30N2O2. The molecule has 144 valence electrons. The van der Waals surface area contributed by atoms with Crippen molar-refractivity contribution in [2.45, 2.75) is 40.0 Å². The Bertz CT molecular complexity index is 899. The molecule has 3 aromatic rings. The fourth-order valence-electron chi connectivity index (χ4n) is 3.58. The quantitative estimate of drug-likeness (QED) is 0.510. The number of benzene rings is 2. The van der Waals surface area contributed by atoms with Gasteiger partial charge in [0.25, 0.3) is 0 Å². The number of fused-ring (bicyclic) bond motifs is 1. The smallest absolute Gasteiger partial charge is 0.161 e. The second kappa shape index (κ2) is 8.96. The molecule has 0 aliphatic rings. The average Bonchev–Trinajstić information content (AvgIpc) is 3.04. The molecule has 1 aromatic heterocycles. The Balaban J connectivity index is 2.10. The summed E-state index contributed by atoms with van der Waals surface area (Å²) in [4.78, 5) is 3.67. The molecule has 0 spiro atoms. The number of aryl methyl sites for hydroxylation is 2. The summed E-state index contributed by atoms with van der Waals surface area (Å²) in [5, 5.41) is 1.30. The van der Waals surface area contributed by atoms with E-state index < -0.39 is 0 Å². The highest BCUT2D eigenvalue weighted by Crippen LogP contribution is 2.37. The molecule has 0 unspecified atom stereocenters. The van der Waals surface area contributed by atoms with E-state index in [0.717, 1.165) is 42.9 Å². The van der Waals surface area contributed by atoms with Gasteiger partial charge in [-0.25, -0.2) is 0 Å². The molecule has 0 aliphatic heterocycles. The van der Waals surface area contributed by atoms with Crippen LogP contribution >= 0.6 is 0 Å². The fraction of sp³-hybridized carbons (Fsp3) is 0.391. The van der Waals surface area contributed by atoms with Crippen LogP contribution in [0, 0.1) is 6.92 Å². The van der Waals surface area contributed by atoms with Gasteiger partial charge < -0.3 is 20.2 Å². The first-order chi connectivity index (χ1) is 13.2. The highest BCUT2D eigenvalue weighted by atomic mass is 16.5. The van der Waals surface area contributed by atoms with Gasteiger partial charge in [0.1, 0.15) is 0 Å². The highest BCUT2D eigenvalue weighted by Gasteiger charge is 2.16. The number of ether oxygens (including phenoxy) is 2. The summed E-state index contributed by atoms with van der Waals surface area (Å²) >= 11 is 0. The maximum atomic E-state index is 5.83. The summed E-state index contributed by atoms with van der Waals surface area (Å²) < 4.78 is 11.6. The largest absolute Gasteiger partial charge is 0.490 e. The third-order valence-electron chi connectivity index (χ3n) is 4.86. The first-order valence-electron chi connectivity index (χ1n) is 9.89. The van der Waals surface area contributed by atoms with Gasteiger partial charge in [-0.3, -0.25) is 0 Å². The van der Waals surface area contributed by atoms with E-state index >= 15 is 0 Å². The molecule has 4 nitrogen and oxygen atoms in total. The topological polar surface area (TPSA) is 60.3 Å². The lowest BCUT2D eigenvalue weighted by atomic mass is 9.99. The lowest BCUT2D eigenvalue weighted by molar-refractivity contribution is 0.288. The Morgan fingerprint density at radius 1 is 0.963 bits per heavy atom. The fourth-order valence-corrected chi connectivity index (χ4v) is 3.58. The molecule has 0 atom stereocenters. The van der Waals surface area contributed by atoms with E-state index in [1.165, 1.54) is 27.7 Å². The van der Waals surface area contributed by atoms with Gasteiger partial charge in [0, 0.05) is 22.2 Å². The van der Waals surface area contributed by atoms with Crippen LogP contribution in [0.4, 0.5) is 0 Å². The summed E-state index contributed by atoms with van der Waals surface area (Å²) in [6, 6.07) is 12.7. The minimum atomic E-state index is 0.610. The monoisotopic (exact) mass is 366 g/mol. The predicted molar refractivity (Wildman–Crippen MR) is 113 cm³/mol. The summed E-state index contributed by atoms with van der Waals surface area (Å²) in [5.74, 6) is 1.58. The van der Waals surface area contributed by atoms with Gasteiger partial charge in [0.15, 0.2) is 11.5 Å². The number of hydrogen-bond acceptors (Lipinski definition) is 3. The molecule has 2 aromatic carbocycles. The number of para-hydroxylation sites is 1. The van der Waals surface area contributed by atoms with E-state index in [9.17, 15) is 0 Å². The van der Waals surface area contributed by atoms with E-state index in [0.29, 0.717) is 13.2 Å². The van der Waals surface area contributed by atoms with Crippen LogP contribution in [0.3, 0.4) is 0 Å². The molecular weight excluding hydrogens is 336 g/mol. The zero-order chi connectivity index (χ0) is 19.2. The summed E-state index contributed by atoms with van der Waals surface area (Å²) in [6.07, 6.45) is 3.12. The number of aromatic amines is 1. The first kappa shape index (κ1) is 19.3. The van der Waals surface area contributed by atoms with Gasteiger partial charge in [-0.05, 0) is 75.9 Å². The maximum absolute atomic E-state index is 5.83. The molecule has 3 N–H and O–H groups in total. The molecule has 0 bridgehead atoms. The molecule has 0 amide bonds. The Morgan fingerprint density at radius 2 is 1.74 bits per heavy atom. The highest BCUT2D eigenvalue weighted by molar-refractivity contribution is 5.93. The van der Waals surface area contributed by atoms with Gasteiger partial charge in [-0.2, -0.15) is 0 Å². The molecule has 4 heteroatoms. The molecule has 0 fully saturated rings. The van der Waals surface area contributed by atoms with Gasteiger partial charge >= 0.3 is 0 Å². The normalized spacial score (nSPS) is 11.1. The van der Waals surface area contributed by atoms with Gasteiger partial charge in [0.05, 0.1) is 13.2 Å². The Morgan fingerprint density at radius 3 is 2.48 bits per heavy atom. The molecule has 1 heterocycles. The lowest BCUT2D eigenvalue weighted by Gasteiger charge is -2.13. The molecule has 0 saturated carbocycles. The van der Waals surface area contributed by atoms with Crippen LogP contribution in [-0.4, -0.2) is 24.7 Å². The van der Waals surface area contributed by atoms with Crippen molar-refractivity contribution in [3.8, 4) is 22.8 Å². The van der Waals surface area contributed by atoms with Gasteiger partial charge in [-0.15, -0.1) is 0 Å². The number of nitrogens with one attached hydrogen (secondary N) is 1. The SMILES string of the molecule is CCOc1ccc(-c2[nH]c3c(C)cccc3c2CCCCN)cc1OCC. The molecule has 0 radical (unpaired) electrons. The Kier molecular flexibility index (Phi) is 6.40. The predicted octanol–water partition coefficient (Wildman–Crippen LogP) is 5.22. The number of nitrogens with two attached hydrogens (primary N) is 1. The standard InChI is InChI=1S/C23H30N2O2/c1-4-26-20-13-12-17(15-21(20)27-5-2)23-19(10-6-7-14-24)18-11-8-9-16(3)22(18)25-23/h8-9,11-13,15,25H,4-7,10,14,24H2,1-3H3. The van der Waals surface area contributed by atoms with Crippen LogP contribution in [0.25, 0.3) is 22.2 Å². The summed E-state index contributed by atoms with van der Waals surface area (Å²) in [6.45, 7) is 8.09. The number of H-pyrrole nitrogens is 1. The maximum Gasteiger partial charge on any atom is 0.161 e. The van der Waals surface area contributed by atoms with Crippen LogP contribution in [0.1, 0.15) is 37.8 Å². The Labute approximate surface area is 161 Å². The van der Waals surface area contributed by atoms with Crippen molar-refractivity contribution in [2.24, 2.45) is 5.73 Å². The zero-order valence-electron chi connectivity index (χ0n) is 16.6. The summed E-state index contributed by atoms with van der Waals surface area (Å²) in [7, 11) is 0. The van der Waals surface area contributed by atoms with Gasteiger partial charge in [0.2, 0.25) is 0 Å². The third kappa shape index (κ3) is 4.11. The van der Waals surface area contributed by atoms with Crippen LogP contribution in [0.15, 0.2) is 36.4 Å². The summed E-state index contributed by atoms with van der Waals surface area (Å²) in [5.41, 5.74) is 11.8. The van der Waals surface area contributed by atoms with Crippen molar-refractivity contribution in [3.63, 3.8) is 0 Å². The van der Waals surface area contributed by atoms with Gasteiger partial charge in [-0.1, -0.05) is 18.2 Å². The van der Waals surface area contributed by atoms with Crippen LogP contribution < -0.4 is 15.2 Å². The lowest BCUT2D eigenvalue weighted by Crippen LogP contribution is -2.00. The van der Waals surface area contributed by atoms with Crippen molar-refractivity contribution in [2.75, 3.05) is 19.8 Å². The van der Waals surface area contributed by atoms with Crippen LogP contribution in [-0.2, 0) is 6.42 Å². The molecule has 0 saturated heterocycles. The van der Waals surface area contributed by atoms with Crippen molar-refractivity contribution in [1.82, 2.24) is 4.98 Å². The van der Waals surface area contributed by atoms with Crippen molar-refractivity contribution >= 4 is 10.9 Å². The van der Waals surface area contributed by atoms with Crippen molar-refractivity contribution < 1.29 is 9.47 Å². The molecule has 27 heavy (non-hydrogen) atoms. The first-order valence-corrected chi connectivity index (χ1v) is 9.89. The minimum absolute atomic E-state index is 0.610. The second-order valence-corrected chi connectivity index (χ2v) is 6.75. The number of unbranched alkanes of at least 4 members (excludes halogenated alkanes) is 1. The zero-order valence-corrected chi connectivity index (χ0v) is 16.6. The number of rotatable bonds is 9. The number of aromatic nitrogens is 1. The van der Waals surface area contributed by atoms with E-state index in [-0.39, 0.29) is 0 Å². The van der Waals surface area contributed by atoms with E-state index in [4.69, 9.17) is 15.2 Å². The van der Waals surface area contributed by atoms with E-state index in [2.05, 4.69) is 42.2 Å². The van der Waals surface area contributed by atoms with Crippen molar-refractivity contribution in [3.05, 3.63) is 47.5 Å². The van der Waals surface area contributed by atoms with Crippen LogP contribution in [0.2, 0.25) is 0 Å². The average molecular weight is 367 g/mol. The van der Waals surface area contributed by atoms with Crippen molar-refractivity contribution in [1.29, 1.82) is 0 Å². The number of hydrogen-bond donors (Lipinski definition) is 2. The second-order valence-electron chi connectivity index (χ2n) is 6.75. The van der Waals surface area contributed by atoms with E-state index in [1.54, 1.807) is 0 Å². The minimum Gasteiger partial charge on any atom is -0.490 e. The molecule has 3 rings (SSSR count). The van der Waals surface area contributed by atoms with Crippen LogP contribution in [0.5, 0.6) is 11.5 Å².